The standard InChI is InChI=1S/C11H11BrN4/c1-7-2-3-8(6-9(7)12)11-14-5-4-10(15-11)16-13/h2-6H,13H2,1H3,(H,14,15,16). The van der Waals surface area contributed by atoms with Crippen LogP contribution in [0, 0.1) is 6.92 Å². The fourth-order valence-electron chi connectivity index (χ4n) is 1.31. The second-order valence-electron chi connectivity index (χ2n) is 3.37. The molecule has 2 rings (SSSR count). The van der Waals surface area contributed by atoms with Gasteiger partial charge in [0.2, 0.25) is 0 Å². The predicted octanol–water partition coefficient (Wildman–Crippen LogP) is 2.50. The number of hydrazine groups is 1. The van der Waals surface area contributed by atoms with E-state index >= 15 is 0 Å². The van der Waals surface area contributed by atoms with Crippen LogP contribution >= 0.6 is 15.9 Å². The number of hydrogen-bond acceptors (Lipinski definition) is 4. The second kappa shape index (κ2) is 4.59. The summed E-state index contributed by atoms with van der Waals surface area (Å²) in [6.45, 7) is 2.03. The minimum Gasteiger partial charge on any atom is -0.308 e. The summed E-state index contributed by atoms with van der Waals surface area (Å²) in [5.74, 6) is 6.55. The van der Waals surface area contributed by atoms with Crippen LogP contribution in [0.5, 0.6) is 0 Å². The van der Waals surface area contributed by atoms with Crippen molar-refractivity contribution in [1.82, 2.24) is 9.97 Å². The molecule has 1 heterocycles. The minimum absolute atomic E-state index is 0.599. The number of rotatable bonds is 2. The number of aryl methyl sites for hydroxylation is 1. The van der Waals surface area contributed by atoms with Crippen LogP contribution in [0.2, 0.25) is 0 Å². The quantitative estimate of drug-likeness (QED) is 0.655. The summed E-state index contributed by atoms with van der Waals surface area (Å²) in [5.41, 5.74) is 4.63. The number of halogens is 1. The molecule has 0 aliphatic carbocycles. The predicted molar refractivity (Wildman–Crippen MR) is 67.7 cm³/mol. The number of nitrogens with one attached hydrogen (secondary N) is 1. The molecule has 0 aliphatic rings. The van der Waals surface area contributed by atoms with E-state index in [-0.39, 0.29) is 0 Å². The molecule has 0 unspecified atom stereocenters. The third kappa shape index (κ3) is 2.20. The SMILES string of the molecule is Cc1ccc(-c2nccc(NN)n2)cc1Br. The van der Waals surface area contributed by atoms with Gasteiger partial charge >= 0.3 is 0 Å². The van der Waals surface area contributed by atoms with Gasteiger partial charge in [-0.1, -0.05) is 28.1 Å². The van der Waals surface area contributed by atoms with Gasteiger partial charge in [0.25, 0.3) is 0 Å². The summed E-state index contributed by atoms with van der Waals surface area (Å²) in [6, 6.07) is 7.71. The summed E-state index contributed by atoms with van der Waals surface area (Å²) in [4.78, 5) is 8.47. The highest BCUT2D eigenvalue weighted by Gasteiger charge is 2.04. The molecule has 1 aromatic heterocycles. The first kappa shape index (κ1) is 11.0. The highest BCUT2D eigenvalue weighted by Crippen LogP contribution is 2.23. The molecule has 5 heteroatoms. The summed E-state index contributed by atoms with van der Waals surface area (Å²) >= 11 is 3.48. The smallest absolute Gasteiger partial charge is 0.161 e. The van der Waals surface area contributed by atoms with Gasteiger partial charge in [-0.15, -0.1) is 0 Å². The number of benzene rings is 1. The van der Waals surface area contributed by atoms with E-state index in [1.165, 1.54) is 5.56 Å². The molecule has 16 heavy (non-hydrogen) atoms. The molecule has 0 saturated carbocycles. The summed E-state index contributed by atoms with van der Waals surface area (Å²) in [5, 5.41) is 0. The van der Waals surface area contributed by atoms with Gasteiger partial charge in [-0.05, 0) is 18.6 Å². The van der Waals surface area contributed by atoms with Crippen molar-refractivity contribution in [3.63, 3.8) is 0 Å². The van der Waals surface area contributed by atoms with Crippen LogP contribution in [0.3, 0.4) is 0 Å². The first-order chi connectivity index (χ1) is 7.70. The molecule has 0 amide bonds. The average molecular weight is 279 g/mol. The fraction of sp³-hybridized carbons (Fsp3) is 0.0909. The Morgan fingerprint density at radius 1 is 1.31 bits per heavy atom. The summed E-state index contributed by atoms with van der Waals surface area (Å²) in [6.07, 6.45) is 1.67. The van der Waals surface area contributed by atoms with Gasteiger partial charge in [0, 0.05) is 22.3 Å². The fourth-order valence-corrected chi connectivity index (χ4v) is 1.69. The van der Waals surface area contributed by atoms with E-state index in [1.807, 2.05) is 25.1 Å². The van der Waals surface area contributed by atoms with Crippen LogP contribution in [0.1, 0.15) is 5.56 Å². The summed E-state index contributed by atoms with van der Waals surface area (Å²) < 4.78 is 1.04. The molecular formula is C11H11BrN4. The van der Waals surface area contributed by atoms with Crippen LogP contribution in [0.4, 0.5) is 5.82 Å². The number of nitrogens with two attached hydrogens (primary N) is 1. The molecule has 1 aromatic carbocycles. The Morgan fingerprint density at radius 2 is 2.12 bits per heavy atom. The normalized spacial score (nSPS) is 10.2. The van der Waals surface area contributed by atoms with Gasteiger partial charge in [0.1, 0.15) is 5.82 Å². The maximum Gasteiger partial charge on any atom is 0.161 e. The molecule has 0 saturated heterocycles. The highest BCUT2D eigenvalue weighted by molar-refractivity contribution is 9.10. The van der Waals surface area contributed by atoms with Crippen LogP contribution < -0.4 is 11.3 Å². The molecule has 0 atom stereocenters. The van der Waals surface area contributed by atoms with Crippen LogP contribution in [-0.4, -0.2) is 9.97 Å². The molecule has 0 spiro atoms. The Kier molecular flexibility index (Phi) is 3.17. The van der Waals surface area contributed by atoms with Gasteiger partial charge < -0.3 is 5.43 Å². The van der Waals surface area contributed by atoms with E-state index in [9.17, 15) is 0 Å². The lowest BCUT2D eigenvalue weighted by Crippen LogP contribution is -2.09. The van der Waals surface area contributed by atoms with E-state index in [0.717, 1.165) is 10.0 Å². The lowest BCUT2D eigenvalue weighted by molar-refractivity contribution is 1.14. The van der Waals surface area contributed by atoms with Crippen molar-refractivity contribution in [2.45, 2.75) is 6.92 Å². The van der Waals surface area contributed by atoms with Crippen molar-refractivity contribution in [1.29, 1.82) is 0 Å². The molecule has 4 nitrogen and oxygen atoms in total. The molecule has 0 aliphatic heterocycles. The maximum absolute atomic E-state index is 5.30. The molecule has 82 valence electrons. The Morgan fingerprint density at radius 3 is 2.81 bits per heavy atom. The molecule has 0 fully saturated rings. The number of nitrogen functional groups attached to an aromatic ring is 1. The number of anilines is 1. The van der Waals surface area contributed by atoms with E-state index in [1.54, 1.807) is 12.3 Å². The maximum atomic E-state index is 5.30. The third-order valence-electron chi connectivity index (χ3n) is 2.23. The minimum atomic E-state index is 0.599. The molecule has 2 aromatic rings. The van der Waals surface area contributed by atoms with Crippen molar-refractivity contribution in [3.8, 4) is 11.4 Å². The monoisotopic (exact) mass is 278 g/mol. The van der Waals surface area contributed by atoms with Gasteiger partial charge in [-0.3, -0.25) is 0 Å². The third-order valence-corrected chi connectivity index (χ3v) is 3.09. The Hall–Kier alpha value is -1.46. The van der Waals surface area contributed by atoms with Crippen molar-refractivity contribution in [2.75, 3.05) is 5.43 Å². The van der Waals surface area contributed by atoms with E-state index in [0.29, 0.717) is 11.6 Å². The Bertz CT molecular complexity index is 513. The van der Waals surface area contributed by atoms with Gasteiger partial charge in [0.15, 0.2) is 5.82 Å². The number of aromatic nitrogens is 2. The largest absolute Gasteiger partial charge is 0.308 e. The Balaban J connectivity index is 2.46. The van der Waals surface area contributed by atoms with Crippen molar-refractivity contribution in [2.24, 2.45) is 5.84 Å². The number of nitrogens with zero attached hydrogens (tertiary/aromatic N) is 2. The van der Waals surface area contributed by atoms with E-state index in [2.05, 4.69) is 31.3 Å². The van der Waals surface area contributed by atoms with Crippen molar-refractivity contribution in [3.05, 3.63) is 40.5 Å². The Labute approximate surface area is 102 Å². The lowest BCUT2D eigenvalue weighted by Gasteiger charge is -2.04. The zero-order valence-corrected chi connectivity index (χ0v) is 10.3. The molecule has 3 N–H and O–H groups in total. The first-order valence-corrected chi connectivity index (χ1v) is 5.56. The van der Waals surface area contributed by atoms with E-state index < -0.39 is 0 Å². The summed E-state index contributed by atoms with van der Waals surface area (Å²) in [7, 11) is 0. The zero-order chi connectivity index (χ0) is 11.5. The van der Waals surface area contributed by atoms with Crippen molar-refractivity contribution >= 4 is 21.7 Å². The van der Waals surface area contributed by atoms with Crippen molar-refractivity contribution < 1.29 is 0 Å². The lowest BCUT2D eigenvalue weighted by atomic mass is 10.1. The molecular weight excluding hydrogens is 268 g/mol. The second-order valence-corrected chi connectivity index (χ2v) is 4.23. The van der Waals surface area contributed by atoms with E-state index in [4.69, 9.17) is 5.84 Å². The van der Waals surface area contributed by atoms with Crippen LogP contribution in [0.15, 0.2) is 34.9 Å². The van der Waals surface area contributed by atoms with Crippen LogP contribution in [-0.2, 0) is 0 Å². The van der Waals surface area contributed by atoms with Gasteiger partial charge in [0.05, 0.1) is 0 Å². The van der Waals surface area contributed by atoms with Gasteiger partial charge in [-0.2, -0.15) is 0 Å². The highest BCUT2D eigenvalue weighted by atomic mass is 79.9. The number of hydrogen-bond donors (Lipinski definition) is 2. The van der Waals surface area contributed by atoms with Crippen LogP contribution in [0.25, 0.3) is 11.4 Å². The first-order valence-electron chi connectivity index (χ1n) is 4.77. The zero-order valence-electron chi connectivity index (χ0n) is 8.74. The topological polar surface area (TPSA) is 63.8 Å². The van der Waals surface area contributed by atoms with Gasteiger partial charge in [-0.25, -0.2) is 15.8 Å². The molecule has 0 bridgehead atoms. The molecule has 0 radical (unpaired) electrons. The average Bonchev–Trinajstić information content (AvgIpc) is 2.33.